The predicted octanol–water partition coefficient (Wildman–Crippen LogP) is 11.2. The van der Waals surface area contributed by atoms with Crippen LogP contribution in [0.3, 0.4) is 0 Å². The molecule has 3 nitrogen and oxygen atoms in total. The van der Waals surface area contributed by atoms with Crippen LogP contribution in [0.1, 0.15) is 56.9 Å². The maximum Gasteiger partial charge on any atom is 0.127 e. The zero-order valence-electron chi connectivity index (χ0n) is 25.8. The highest BCUT2D eigenvalue weighted by Gasteiger charge is 2.42. The lowest BCUT2D eigenvalue weighted by molar-refractivity contribution is 0.477. The summed E-state index contributed by atoms with van der Waals surface area (Å²) in [5, 5.41) is 0. The van der Waals surface area contributed by atoms with Crippen molar-refractivity contribution >= 4 is 28.4 Å². The second kappa shape index (κ2) is 10.4. The van der Waals surface area contributed by atoms with Gasteiger partial charge >= 0.3 is 0 Å². The van der Waals surface area contributed by atoms with E-state index in [4.69, 9.17) is 4.74 Å². The molecule has 0 N–H and O–H groups in total. The monoisotopic (exact) mass is 552 g/mol. The summed E-state index contributed by atoms with van der Waals surface area (Å²) >= 11 is 0. The van der Waals surface area contributed by atoms with Gasteiger partial charge in [-0.25, -0.2) is 0 Å². The molecule has 5 aromatic rings. The Balaban J connectivity index is 1.24. The molecule has 0 saturated heterocycles. The molecule has 0 fully saturated rings. The number of ether oxygens (including phenoxy) is 1. The summed E-state index contributed by atoms with van der Waals surface area (Å²) in [4.78, 5) is 4.70. The Bertz CT molecular complexity index is 1710. The second-order valence-electron chi connectivity index (χ2n) is 13.0. The third kappa shape index (κ3) is 5.16. The van der Waals surface area contributed by atoms with Crippen LogP contribution >= 0.6 is 0 Å². The molecule has 42 heavy (non-hydrogen) atoms. The van der Waals surface area contributed by atoms with Gasteiger partial charge in [0, 0.05) is 34.0 Å². The normalized spacial score (nSPS) is 13.7. The number of fused-ring (bicyclic) bond motifs is 1. The van der Waals surface area contributed by atoms with Crippen LogP contribution in [0.2, 0.25) is 0 Å². The lowest BCUT2D eigenvalue weighted by Gasteiger charge is -2.51. The van der Waals surface area contributed by atoms with Crippen molar-refractivity contribution in [1.29, 1.82) is 0 Å². The first-order chi connectivity index (χ1) is 20.0. The minimum absolute atomic E-state index is 0.0325. The van der Waals surface area contributed by atoms with Gasteiger partial charge in [0.1, 0.15) is 11.5 Å². The van der Waals surface area contributed by atoms with Crippen LogP contribution in [-0.4, -0.2) is 0 Å². The SMILES string of the molecule is Cc1ccc(N(c2ccc(Oc3ccc(N4c5ccc(C)cc5C4(C)C)cc3)cc2)c2cccc(C(C)(C)C)c2)cc1. The molecular formula is C39H40N2O. The van der Waals surface area contributed by atoms with Gasteiger partial charge in [-0.15, -0.1) is 0 Å². The van der Waals surface area contributed by atoms with Crippen LogP contribution in [0.15, 0.2) is 115 Å². The lowest BCUT2D eigenvalue weighted by Crippen LogP contribution is -2.47. The van der Waals surface area contributed by atoms with Gasteiger partial charge in [-0.1, -0.05) is 68.3 Å². The van der Waals surface area contributed by atoms with Gasteiger partial charge in [0.15, 0.2) is 0 Å². The molecular weight excluding hydrogens is 512 g/mol. The quantitative estimate of drug-likeness (QED) is 0.208. The first kappa shape index (κ1) is 27.7. The van der Waals surface area contributed by atoms with E-state index in [1.165, 1.54) is 33.6 Å². The van der Waals surface area contributed by atoms with Crippen molar-refractivity contribution in [2.75, 3.05) is 9.80 Å². The van der Waals surface area contributed by atoms with E-state index in [-0.39, 0.29) is 11.0 Å². The highest BCUT2D eigenvalue weighted by Crippen LogP contribution is 2.52. The van der Waals surface area contributed by atoms with Gasteiger partial charge in [0.25, 0.3) is 0 Å². The maximum absolute atomic E-state index is 6.29. The number of hydrogen-bond donors (Lipinski definition) is 0. The molecule has 0 amide bonds. The van der Waals surface area contributed by atoms with Crippen molar-refractivity contribution < 1.29 is 4.74 Å². The van der Waals surface area contributed by atoms with Crippen LogP contribution in [0.25, 0.3) is 0 Å². The zero-order valence-corrected chi connectivity index (χ0v) is 25.8. The van der Waals surface area contributed by atoms with Crippen LogP contribution in [0, 0.1) is 13.8 Å². The topological polar surface area (TPSA) is 15.7 Å². The van der Waals surface area contributed by atoms with Crippen LogP contribution in [0.4, 0.5) is 28.4 Å². The van der Waals surface area contributed by atoms with Crippen LogP contribution in [0.5, 0.6) is 11.5 Å². The van der Waals surface area contributed by atoms with Crippen LogP contribution in [-0.2, 0) is 11.0 Å². The molecule has 3 heteroatoms. The number of aryl methyl sites for hydroxylation is 2. The van der Waals surface area contributed by atoms with Crippen molar-refractivity contribution in [3.05, 3.63) is 138 Å². The Labute approximate surface area is 251 Å². The van der Waals surface area contributed by atoms with E-state index in [0.717, 1.165) is 28.6 Å². The van der Waals surface area contributed by atoms with Gasteiger partial charge in [-0.05, 0) is 118 Å². The lowest BCUT2D eigenvalue weighted by atomic mass is 9.80. The Hall–Kier alpha value is -4.50. The second-order valence-corrected chi connectivity index (χ2v) is 13.0. The van der Waals surface area contributed by atoms with Crippen LogP contribution < -0.4 is 14.5 Å². The van der Waals surface area contributed by atoms with Gasteiger partial charge in [0.05, 0.1) is 5.54 Å². The molecule has 0 aliphatic carbocycles. The van der Waals surface area contributed by atoms with E-state index in [1.807, 2.05) is 0 Å². The fraction of sp³-hybridized carbons (Fsp3) is 0.231. The number of nitrogens with zero attached hydrogens (tertiary/aromatic N) is 2. The van der Waals surface area contributed by atoms with E-state index < -0.39 is 0 Å². The first-order valence-corrected chi connectivity index (χ1v) is 14.8. The fourth-order valence-corrected chi connectivity index (χ4v) is 5.88. The first-order valence-electron chi connectivity index (χ1n) is 14.8. The molecule has 1 heterocycles. The van der Waals surface area contributed by atoms with Crippen molar-refractivity contribution in [1.82, 2.24) is 0 Å². The molecule has 0 saturated carbocycles. The minimum Gasteiger partial charge on any atom is -0.457 e. The largest absolute Gasteiger partial charge is 0.457 e. The average molecular weight is 553 g/mol. The highest BCUT2D eigenvalue weighted by atomic mass is 16.5. The van der Waals surface area contributed by atoms with E-state index in [9.17, 15) is 0 Å². The summed E-state index contributed by atoms with van der Waals surface area (Å²) < 4.78 is 6.29. The Kier molecular flexibility index (Phi) is 6.85. The molecule has 1 aliphatic heterocycles. The van der Waals surface area contributed by atoms with Gasteiger partial charge in [0.2, 0.25) is 0 Å². The molecule has 0 radical (unpaired) electrons. The standard InChI is InChI=1S/C39H40N2O/c1-27-11-14-30(15-12-27)40(33-10-8-9-29(26-33)38(3,4)5)31-16-20-34(21-17-31)42-35-22-18-32(19-23-35)41-37-24-13-28(2)25-36(37)39(41,6)7/h8-26H,1-7H3. The van der Waals surface area contributed by atoms with E-state index >= 15 is 0 Å². The third-order valence-corrected chi connectivity index (χ3v) is 8.30. The molecule has 212 valence electrons. The van der Waals surface area contributed by atoms with Crippen molar-refractivity contribution in [3.8, 4) is 11.5 Å². The Morgan fingerprint density at radius 2 is 1.19 bits per heavy atom. The molecule has 0 unspecified atom stereocenters. The summed E-state index contributed by atoms with van der Waals surface area (Å²) in [5.74, 6) is 1.63. The van der Waals surface area contributed by atoms with Gasteiger partial charge < -0.3 is 14.5 Å². The third-order valence-electron chi connectivity index (χ3n) is 8.30. The molecule has 0 bridgehead atoms. The zero-order chi connectivity index (χ0) is 29.6. The fourth-order valence-electron chi connectivity index (χ4n) is 5.88. The molecule has 0 atom stereocenters. The number of anilines is 5. The number of rotatable bonds is 6. The van der Waals surface area contributed by atoms with Crippen molar-refractivity contribution in [3.63, 3.8) is 0 Å². The molecule has 0 aromatic heterocycles. The summed E-state index contributed by atoms with van der Waals surface area (Å²) in [6, 6.07) is 41.0. The number of hydrogen-bond acceptors (Lipinski definition) is 3. The number of benzene rings is 5. The smallest absolute Gasteiger partial charge is 0.127 e. The van der Waals surface area contributed by atoms with Gasteiger partial charge in [-0.3, -0.25) is 0 Å². The van der Waals surface area contributed by atoms with E-state index in [0.29, 0.717) is 0 Å². The molecule has 1 aliphatic rings. The van der Waals surface area contributed by atoms with Gasteiger partial charge in [-0.2, -0.15) is 0 Å². The average Bonchev–Trinajstić information content (AvgIpc) is 2.96. The molecule has 0 spiro atoms. The van der Waals surface area contributed by atoms with Crippen molar-refractivity contribution in [2.45, 2.75) is 59.4 Å². The van der Waals surface area contributed by atoms with E-state index in [1.54, 1.807) is 0 Å². The Morgan fingerprint density at radius 1 is 0.619 bits per heavy atom. The highest BCUT2D eigenvalue weighted by molar-refractivity contribution is 5.80. The minimum atomic E-state index is -0.0325. The molecule has 6 rings (SSSR count). The Morgan fingerprint density at radius 3 is 1.81 bits per heavy atom. The summed E-state index contributed by atoms with van der Waals surface area (Å²) in [6.45, 7) is 15.6. The maximum atomic E-state index is 6.29. The molecule has 5 aromatic carbocycles. The summed E-state index contributed by atoms with van der Waals surface area (Å²) in [6.07, 6.45) is 0. The predicted molar refractivity (Wildman–Crippen MR) is 177 cm³/mol. The van der Waals surface area contributed by atoms with Crippen molar-refractivity contribution in [2.24, 2.45) is 0 Å². The summed E-state index contributed by atoms with van der Waals surface area (Å²) in [5.41, 5.74) is 11.1. The van der Waals surface area contributed by atoms with E-state index in [2.05, 4.69) is 174 Å². The summed E-state index contributed by atoms with van der Waals surface area (Å²) in [7, 11) is 0.